The van der Waals surface area contributed by atoms with Crippen LogP contribution in [0.1, 0.15) is 103 Å². The van der Waals surface area contributed by atoms with Crippen LogP contribution >= 0.6 is 0 Å². The second kappa shape index (κ2) is 13.5. The fraction of sp³-hybridized carbons (Fsp3) is 1.00. The van der Waals surface area contributed by atoms with Crippen LogP contribution in [0.25, 0.3) is 0 Å². The molecule has 0 saturated carbocycles. The van der Waals surface area contributed by atoms with Gasteiger partial charge in [-0.3, -0.25) is 0 Å². The summed E-state index contributed by atoms with van der Waals surface area (Å²) in [5.74, 6) is 0. The molecule has 0 nitrogen and oxygen atoms in total. The van der Waals surface area contributed by atoms with E-state index in [9.17, 15) is 0 Å². The minimum absolute atomic E-state index is 1.08. The van der Waals surface area contributed by atoms with Crippen molar-refractivity contribution < 1.29 is 0 Å². The van der Waals surface area contributed by atoms with Crippen LogP contribution in [-0.2, 0) is 0 Å². The molecule has 1 unspecified atom stereocenters. The van der Waals surface area contributed by atoms with Gasteiger partial charge in [-0.25, -0.2) is 0 Å². The third-order valence-electron chi connectivity index (χ3n) is 4.28. The van der Waals surface area contributed by atoms with Gasteiger partial charge in [-0.1, -0.05) is 32.6 Å². The Bertz CT molecular complexity index is 175. The Morgan fingerprint density at radius 2 is 1.00 bits per heavy atom. The van der Waals surface area contributed by atoms with Crippen molar-refractivity contribution in [2.45, 2.75) is 113 Å². The molecule has 1 fully saturated rings. The molecule has 0 bridgehead atoms. The van der Waals surface area contributed by atoms with Crippen molar-refractivity contribution in [2.24, 2.45) is 0 Å². The normalized spacial score (nSPS) is 17.8. The van der Waals surface area contributed by atoms with Crippen molar-refractivity contribution >= 4 is 15.0 Å². The average molecular weight is 331 g/mol. The van der Waals surface area contributed by atoms with Gasteiger partial charge in [0, 0.05) is 0 Å². The van der Waals surface area contributed by atoms with E-state index in [0.717, 1.165) is 15.0 Å². The molecule has 1 heteroatoms. The van der Waals surface area contributed by atoms with Crippen molar-refractivity contribution in [3.63, 3.8) is 0 Å². The molecule has 19 heavy (non-hydrogen) atoms. The number of hydrogen-bond donors (Lipinski definition) is 0. The first-order chi connectivity index (χ1) is 9.43. The second-order valence-electron chi connectivity index (χ2n) is 6.34. The fourth-order valence-corrected chi connectivity index (χ4v) is 4.14. The van der Waals surface area contributed by atoms with Gasteiger partial charge in [0.1, 0.15) is 0 Å². The molecular weight excluding hydrogens is 295 g/mol. The van der Waals surface area contributed by atoms with Crippen molar-refractivity contribution in [1.82, 2.24) is 0 Å². The molecule has 114 valence electrons. The van der Waals surface area contributed by atoms with Gasteiger partial charge in [-0.2, -0.15) is 0 Å². The molecule has 1 atom stereocenters. The van der Waals surface area contributed by atoms with Gasteiger partial charge in [-0.15, -0.1) is 0 Å². The van der Waals surface area contributed by atoms with Gasteiger partial charge in [0.15, 0.2) is 0 Å². The molecule has 0 aromatic rings. The molecule has 0 spiro atoms. The maximum absolute atomic E-state index is 2.30. The molecule has 1 rings (SSSR count). The van der Waals surface area contributed by atoms with E-state index in [2.05, 4.69) is 6.92 Å². The summed E-state index contributed by atoms with van der Waals surface area (Å²) in [6.07, 6.45) is 22.4. The summed E-state index contributed by atoms with van der Waals surface area (Å²) in [5, 5.41) is 1.60. The van der Waals surface area contributed by atoms with E-state index in [0.29, 0.717) is 0 Å². The van der Waals surface area contributed by atoms with Crippen LogP contribution in [0, 0.1) is 0 Å². The van der Waals surface area contributed by atoms with Crippen LogP contribution in [0.5, 0.6) is 0 Å². The van der Waals surface area contributed by atoms with Crippen molar-refractivity contribution in [3.05, 3.63) is 0 Å². The van der Waals surface area contributed by atoms with Gasteiger partial charge in [0.25, 0.3) is 0 Å². The summed E-state index contributed by atoms with van der Waals surface area (Å²) in [6, 6.07) is 0. The molecule has 1 aliphatic heterocycles. The molecule has 0 N–H and O–H groups in total. The summed E-state index contributed by atoms with van der Waals surface area (Å²) in [6.45, 7) is 2.30. The number of hydrogen-bond acceptors (Lipinski definition) is 0. The molecule has 0 aliphatic carbocycles. The predicted octanol–water partition coefficient (Wildman–Crippen LogP) is 6.78. The third kappa shape index (κ3) is 13.3. The monoisotopic (exact) mass is 332 g/mol. The first-order valence-corrected chi connectivity index (χ1v) is 11.2. The summed E-state index contributed by atoms with van der Waals surface area (Å²) in [4.78, 5) is 1.21. The number of rotatable bonds is 15. The van der Waals surface area contributed by atoms with Gasteiger partial charge in [0.05, 0.1) is 0 Å². The molecule has 0 amide bonds. The van der Waals surface area contributed by atoms with Crippen LogP contribution in [0.4, 0.5) is 0 Å². The fourth-order valence-electron chi connectivity index (χ4n) is 2.80. The molecule has 1 heterocycles. The molecule has 1 saturated heterocycles. The van der Waals surface area contributed by atoms with Crippen LogP contribution in [0.2, 0.25) is 10.1 Å². The summed E-state index contributed by atoms with van der Waals surface area (Å²) < 4.78 is 0. The van der Waals surface area contributed by atoms with E-state index >= 15 is 0 Å². The van der Waals surface area contributed by atoms with Gasteiger partial charge in [0.2, 0.25) is 0 Å². The minimum atomic E-state index is 1.08. The first kappa shape index (κ1) is 17.6. The standard InChI is InChI=1S/C18H36Se/c1-2-3-4-5-6-7-8-9-10-11-12-13-14-15-16-18-17-19-18/h18H,2-17H2,1H3. The van der Waals surface area contributed by atoms with Crippen molar-refractivity contribution in [3.8, 4) is 0 Å². The van der Waals surface area contributed by atoms with E-state index in [1.165, 1.54) is 94.7 Å². The van der Waals surface area contributed by atoms with Crippen LogP contribution in [-0.4, -0.2) is 15.0 Å². The zero-order valence-corrected chi connectivity index (χ0v) is 15.0. The quantitative estimate of drug-likeness (QED) is 0.229. The van der Waals surface area contributed by atoms with E-state index in [-0.39, 0.29) is 0 Å². The Kier molecular flexibility index (Phi) is 12.5. The summed E-state index contributed by atoms with van der Waals surface area (Å²) >= 11 is 1.08. The summed E-state index contributed by atoms with van der Waals surface area (Å²) in [5.41, 5.74) is 0. The van der Waals surface area contributed by atoms with E-state index in [1.54, 1.807) is 11.7 Å². The molecule has 0 aromatic carbocycles. The van der Waals surface area contributed by atoms with E-state index < -0.39 is 0 Å². The SMILES string of the molecule is CCCCCCCCCCCCCCCCC1C[Se]1. The maximum atomic E-state index is 2.30. The topological polar surface area (TPSA) is 0 Å². The van der Waals surface area contributed by atoms with E-state index in [4.69, 9.17) is 0 Å². The van der Waals surface area contributed by atoms with Crippen molar-refractivity contribution in [2.75, 3.05) is 0 Å². The van der Waals surface area contributed by atoms with Gasteiger partial charge < -0.3 is 0 Å². The molecular formula is C18H36Se. The third-order valence-corrected chi connectivity index (χ3v) is 6.46. The molecule has 1 aliphatic rings. The number of unbranched alkanes of at least 4 members (excludes halogenated alkanes) is 13. The average Bonchev–Trinajstić information content (AvgIpc) is 3.23. The molecule has 0 aromatic heterocycles. The van der Waals surface area contributed by atoms with Crippen LogP contribution < -0.4 is 0 Å². The van der Waals surface area contributed by atoms with E-state index in [1.807, 2.05) is 0 Å². The van der Waals surface area contributed by atoms with Crippen LogP contribution in [0.15, 0.2) is 0 Å². The Labute approximate surface area is 128 Å². The zero-order valence-electron chi connectivity index (χ0n) is 13.3. The first-order valence-electron chi connectivity index (χ1n) is 9.05. The molecule has 0 radical (unpaired) electrons. The second-order valence-corrected chi connectivity index (χ2v) is 9.14. The van der Waals surface area contributed by atoms with Gasteiger partial charge >= 0.3 is 95.7 Å². The Morgan fingerprint density at radius 1 is 0.632 bits per heavy atom. The summed E-state index contributed by atoms with van der Waals surface area (Å²) in [7, 11) is 0. The van der Waals surface area contributed by atoms with Gasteiger partial charge in [-0.05, 0) is 0 Å². The van der Waals surface area contributed by atoms with Crippen molar-refractivity contribution in [1.29, 1.82) is 0 Å². The predicted molar refractivity (Wildman–Crippen MR) is 89.2 cm³/mol. The Hall–Kier alpha value is 0.519. The Balaban J connectivity index is 1.60. The Morgan fingerprint density at radius 3 is 1.37 bits per heavy atom. The zero-order chi connectivity index (χ0) is 13.6. The van der Waals surface area contributed by atoms with Crippen LogP contribution in [0.3, 0.4) is 0 Å².